The molecular formula is C24H27N3O3. The molecule has 0 aliphatic carbocycles. The molecule has 0 saturated carbocycles. The van der Waals surface area contributed by atoms with Gasteiger partial charge in [0, 0.05) is 49.8 Å². The Morgan fingerprint density at radius 2 is 1.70 bits per heavy atom. The molecule has 1 fully saturated rings. The summed E-state index contributed by atoms with van der Waals surface area (Å²) in [5, 5.41) is 0.807. The SMILES string of the molecule is COC(=O)c1cn(CC(=O)N2CCCN(Cc3ccccc3)CC2)c2ccccc12. The smallest absolute Gasteiger partial charge is 0.340 e. The standard InChI is InChI=1S/C24H27N3O3/c1-30-24(29)21-17-27(22-11-6-5-10-20(21)22)18-23(28)26-13-7-12-25(14-15-26)16-19-8-3-2-4-9-19/h2-6,8-11,17H,7,12-16,18H2,1H3. The van der Waals surface area contributed by atoms with E-state index in [0.717, 1.165) is 43.5 Å². The zero-order chi connectivity index (χ0) is 20.9. The molecule has 3 aromatic rings. The van der Waals surface area contributed by atoms with Crippen LogP contribution in [0.1, 0.15) is 22.3 Å². The fraction of sp³-hybridized carbons (Fsp3) is 0.333. The van der Waals surface area contributed by atoms with E-state index < -0.39 is 0 Å². The summed E-state index contributed by atoms with van der Waals surface area (Å²) in [6, 6.07) is 18.1. The topological polar surface area (TPSA) is 54.8 Å². The third kappa shape index (κ3) is 4.39. The quantitative estimate of drug-likeness (QED) is 0.612. The number of para-hydroxylation sites is 1. The molecule has 0 bridgehead atoms. The van der Waals surface area contributed by atoms with E-state index in [2.05, 4.69) is 29.2 Å². The second-order valence-electron chi connectivity index (χ2n) is 7.68. The zero-order valence-corrected chi connectivity index (χ0v) is 17.3. The molecular weight excluding hydrogens is 378 g/mol. The van der Waals surface area contributed by atoms with Crippen molar-refractivity contribution in [1.82, 2.24) is 14.4 Å². The second-order valence-corrected chi connectivity index (χ2v) is 7.68. The van der Waals surface area contributed by atoms with Gasteiger partial charge in [-0.2, -0.15) is 0 Å². The molecule has 0 spiro atoms. The van der Waals surface area contributed by atoms with E-state index in [4.69, 9.17) is 4.74 Å². The van der Waals surface area contributed by atoms with Gasteiger partial charge in [-0.1, -0.05) is 48.5 Å². The van der Waals surface area contributed by atoms with Gasteiger partial charge in [-0.25, -0.2) is 4.79 Å². The van der Waals surface area contributed by atoms with Gasteiger partial charge in [0.1, 0.15) is 6.54 Å². The maximum atomic E-state index is 13.0. The lowest BCUT2D eigenvalue weighted by Gasteiger charge is -2.22. The van der Waals surface area contributed by atoms with Crippen molar-refractivity contribution < 1.29 is 14.3 Å². The number of aromatic nitrogens is 1. The molecule has 6 heteroatoms. The number of fused-ring (bicyclic) bond motifs is 1. The predicted octanol–water partition coefficient (Wildman–Crippen LogP) is 3.16. The first kappa shape index (κ1) is 20.2. The van der Waals surface area contributed by atoms with E-state index in [9.17, 15) is 9.59 Å². The van der Waals surface area contributed by atoms with Crippen molar-refractivity contribution in [1.29, 1.82) is 0 Å². The normalized spacial score (nSPS) is 15.2. The van der Waals surface area contributed by atoms with Gasteiger partial charge in [0.2, 0.25) is 5.91 Å². The number of hydrogen-bond acceptors (Lipinski definition) is 4. The second kappa shape index (κ2) is 9.13. The van der Waals surface area contributed by atoms with E-state index >= 15 is 0 Å². The average Bonchev–Trinajstić information content (AvgIpc) is 2.97. The monoisotopic (exact) mass is 405 g/mol. The lowest BCUT2D eigenvalue weighted by molar-refractivity contribution is -0.131. The van der Waals surface area contributed by atoms with Gasteiger partial charge in [0.05, 0.1) is 12.7 Å². The number of esters is 1. The Morgan fingerprint density at radius 1 is 0.933 bits per heavy atom. The van der Waals surface area contributed by atoms with Crippen LogP contribution in [0.3, 0.4) is 0 Å². The number of carbonyl (C=O) groups is 2. The van der Waals surface area contributed by atoms with Gasteiger partial charge >= 0.3 is 5.97 Å². The number of rotatable bonds is 5. The van der Waals surface area contributed by atoms with Crippen LogP contribution in [0, 0.1) is 0 Å². The molecule has 6 nitrogen and oxygen atoms in total. The Balaban J connectivity index is 1.44. The summed E-state index contributed by atoms with van der Waals surface area (Å²) in [6.07, 6.45) is 2.69. The lowest BCUT2D eigenvalue weighted by atomic mass is 10.2. The summed E-state index contributed by atoms with van der Waals surface area (Å²) in [7, 11) is 1.37. The van der Waals surface area contributed by atoms with Crippen LogP contribution in [0.5, 0.6) is 0 Å². The third-order valence-corrected chi connectivity index (χ3v) is 5.69. The molecule has 1 aliphatic heterocycles. The number of amides is 1. The van der Waals surface area contributed by atoms with Gasteiger partial charge in [-0.3, -0.25) is 9.69 Å². The maximum absolute atomic E-state index is 13.0. The Morgan fingerprint density at radius 3 is 2.50 bits per heavy atom. The Hall–Kier alpha value is -3.12. The molecule has 1 saturated heterocycles. The minimum absolute atomic E-state index is 0.0775. The molecule has 1 aliphatic rings. The first-order valence-electron chi connectivity index (χ1n) is 10.4. The maximum Gasteiger partial charge on any atom is 0.340 e. The van der Waals surface area contributed by atoms with Gasteiger partial charge in [0.25, 0.3) is 0 Å². The number of nitrogens with zero attached hydrogens (tertiary/aromatic N) is 3. The lowest BCUT2D eigenvalue weighted by Crippen LogP contribution is -2.37. The molecule has 2 heterocycles. The van der Waals surface area contributed by atoms with Crippen LogP contribution in [0.25, 0.3) is 10.9 Å². The van der Waals surface area contributed by atoms with Crippen molar-refractivity contribution in [3.05, 3.63) is 71.9 Å². The summed E-state index contributed by atoms with van der Waals surface area (Å²) in [5.74, 6) is -0.308. The fourth-order valence-corrected chi connectivity index (χ4v) is 4.12. The Bertz CT molecular complexity index is 1030. The van der Waals surface area contributed by atoms with E-state index in [1.165, 1.54) is 12.7 Å². The molecule has 0 N–H and O–H groups in total. The summed E-state index contributed by atoms with van der Waals surface area (Å²) in [6.45, 7) is 4.45. The molecule has 0 radical (unpaired) electrons. The van der Waals surface area contributed by atoms with Gasteiger partial charge < -0.3 is 14.2 Å². The van der Waals surface area contributed by atoms with Gasteiger partial charge in [-0.15, -0.1) is 0 Å². The van der Waals surface area contributed by atoms with Crippen molar-refractivity contribution in [3.63, 3.8) is 0 Å². The average molecular weight is 405 g/mol. The van der Waals surface area contributed by atoms with Gasteiger partial charge in [0.15, 0.2) is 0 Å². The third-order valence-electron chi connectivity index (χ3n) is 5.69. The Labute approximate surface area is 176 Å². The van der Waals surface area contributed by atoms with Crippen molar-refractivity contribution >= 4 is 22.8 Å². The highest BCUT2D eigenvalue weighted by Gasteiger charge is 2.21. The minimum atomic E-state index is -0.385. The van der Waals surface area contributed by atoms with Crippen molar-refractivity contribution in [2.24, 2.45) is 0 Å². The Kier molecular flexibility index (Phi) is 6.14. The molecule has 0 unspecified atom stereocenters. The first-order chi connectivity index (χ1) is 14.7. The first-order valence-corrected chi connectivity index (χ1v) is 10.4. The van der Waals surface area contributed by atoms with Crippen LogP contribution < -0.4 is 0 Å². The highest BCUT2D eigenvalue weighted by Crippen LogP contribution is 2.22. The number of carbonyl (C=O) groups excluding carboxylic acids is 2. The molecule has 1 amide bonds. The fourth-order valence-electron chi connectivity index (χ4n) is 4.12. The summed E-state index contributed by atoms with van der Waals surface area (Å²) >= 11 is 0. The van der Waals surface area contributed by atoms with E-state index in [1.807, 2.05) is 39.8 Å². The van der Waals surface area contributed by atoms with Crippen LogP contribution in [0.4, 0.5) is 0 Å². The highest BCUT2D eigenvalue weighted by molar-refractivity contribution is 6.04. The van der Waals surface area contributed by atoms with E-state index in [-0.39, 0.29) is 18.4 Å². The van der Waals surface area contributed by atoms with Crippen molar-refractivity contribution in [2.45, 2.75) is 19.5 Å². The van der Waals surface area contributed by atoms with Crippen LogP contribution >= 0.6 is 0 Å². The molecule has 30 heavy (non-hydrogen) atoms. The highest BCUT2D eigenvalue weighted by atomic mass is 16.5. The van der Waals surface area contributed by atoms with Crippen LogP contribution in [0.2, 0.25) is 0 Å². The molecule has 156 valence electrons. The molecule has 0 atom stereocenters. The van der Waals surface area contributed by atoms with Crippen molar-refractivity contribution in [2.75, 3.05) is 33.3 Å². The van der Waals surface area contributed by atoms with Crippen LogP contribution in [-0.4, -0.2) is 59.5 Å². The van der Waals surface area contributed by atoms with Crippen LogP contribution in [-0.2, 0) is 22.6 Å². The predicted molar refractivity (Wildman–Crippen MR) is 116 cm³/mol. The van der Waals surface area contributed by atoms with Gasteiger partial charge in [-0.05, 0) is 18.1 Å². The number of hydrogen-bond donors (Lipinski definition) is 0. The van der Waals surface area contributed by atoms with Crippen molar-refractivity contribution in [3.8, 4) is 0 Å². The summed E-state index contributed by atoms with van der Waals surface area (Å²) < 4.78 is 6.76. The van der Waals surface area contributed by atoms with E-state index in [1.54, 1.807) is 6.20 Å². The molecule has 1 aromatic heterocycles. The number of ether oxygens (including phenoxy) is 1. The summed E-state index contributed by atoms with van der Waals surface area (Å²) in [5.41, 5.74) is 2.66. The zero-order valence-electron chi connectivity index (χ0n) is 17.3. The largest absolute Gasteiger partial charge is 0.465 e. The minimum Gasteiger partial charge on any atom is -0.465 e. The van der Waals surface area contributed by atoms with E-state index in [0.29, 0.717) is 12.1 Å². The molecule has 2 aromatic carbocycles. The summed E-state index contributed by atoms with van der Waals surface area (Å²) in [4.78, 5) is 29.5. The number of methoxy groups -OCH3 is 1. The van der Waals surface area contributed by atoms with Crippen LogP contribution in [0.15, 0.2) is 60.8 Å². The number of benzene rings is 2. The molecule has 4 rings (SSSR count).